The number of hydrogen-bond acceptors (Lipinski definition) is 3. The molecule has 0 aliphatic carbocycles. The summed E-state index contributed by atoms with van der Waals surface area (Å²) in [5.41, 5.74) is 0. The van der Waals surface area contributed by atoms with Crippen molar-refractivity contribution >= 4 is 0 Å². The second-order valence-corrected chi connectivity index (χ2v) is 3.46. The van der Waals surface area contributed by atoms with Crippen molar-refractivity contribution in [1.29, 1.82) is 0 Å². The van der Waals surface area contributed by atoms with Crippen LogP contribution in [0.4, 0.5) is 0 Å². The Hall–Kier alpha value is -0.800. The first-order valence-corrected chi connectivity index (χ1v) is 5.11. The van der Waals surface area contributed by atoms with Crippen LogP contribution >= 0.6 is 0 Å². The van der Waals surface area contributed by atoms with E-state index in [0.29, 0.717) is 6.04 Å². The Kier molecular flexibility index (Phi) is 4.70. The van der Waals surface area contributed by atoms with Gasteiger partial charge in [0.05, 0.1) is 18.9 Å². The highest BCUT2D eigenvalue weighted by molar-refractivity contribution is 5.03. The Morgan fingerprint density at radius 1 is 1.50 bits per heavy atom. The highest BCUT2D eigenvalue weighted by atomic mass is 16.5. The summed E-state index contributed by atoms with van der Waals surface area (Å²) in [6.45, 7) is 7.70. The molecule has 2 unspecified atom stereocenters. The second-order valence-electron chi connectivity index (χ2n) is 3.46. The van der Waals surface area contributed by atoms with Gasteiger partial charge in [-0.25, -0.2) is 0 Å². The fraction of sp³-hybridized carbons (Fsp3) is 0.636. The van der Waals surface area contributed by atoms with E-state index in [9.17, 15) is 0 Å². The van der Waals surface area contributed by atoms with Gasteiger partial charge in [-0.2, -0.15) is 0 Å². The van der Waals surface area contributed by atoms with Gasteiger partial charge in [0.2, 0.25) is 0 Å². The van der Waals surface area contributed by atoms with Crippen LogP contribution in [0.15, 0.2) is 22.8 Å². The molecule has 1 N–H and O–H groups in total. The lowest BCUT2D eigenvalue weighted by Gasteiger charge is -2.18. The fourth-order valence-corrected chi connectivity index (χ4v) is 1.39. The maximum atomic E-state index is 5.32. The Balaban J connectivity index is 2.29. The minimum Gasteiger partial charge on any atom is -0.468 e. The third kappa shape index (κ3) is 3.52. The fourth-order valence-electron chi connectivity index (χ4n) is 1.39. The second kappa shape index (κ2) is 5.83. The Morgan fingerprint density at radius 2 is 2.29 bits per heavy atom. The summed E-state index contributed by atoms with van der Waals surface area (Å²) >= 11 is 0. The summed E-state index contributed by atoms with van der Waals surface area (Å²) in [5, 5.41) is 3.40. The molecule has 80 valence electrons. The van der Waals surface area contributed by atoms with Gasteiger partial charge in [-0.05, 0) is 32.9 Å². The first kappa shape index (κ1) is 11.3. The lowest BCUT2D eigenvalue weighted by atomic mass is 10.2. The van der Waals surface area contributed by atoms with Gasteiger partial charge in [0.1, 0.15) is 5.76 Å². The van der Waals surface area contributed by atoms with Crippen molar-refractivity contribution in [3.63, 3.8) is 0 Å². The van der Waals surface area contributed by atoms with Crippen molar-refractivity contribution in [1.82, 2.24) is 5.32 Å². The number of hydrogen-bond donors (Lipinski definition) is 1. The monoisotopic (exact) mass is 197 g/mol. The molecule has 0 amide bonds. The molecule has 2 atom stereocenters. The molecule has 0 aliphatic rings. The van der Waals surface area contributed by atoms with Gasteiger partial charge in [-0.3, -0.25) is 0 Å². The Morgan fingerprint density at radius 3 is 2.86 bits per heavy atom. The van der Waals surface area contributed by atoms with Gasteiger partial charge in [-0.1, -0.05) is 0 Å². The van der Waals surface area contributed by atoms with E-state index < -0.39 is 0 Å². The zero-order chi connectivity index (χ0) is 10.4. The molecule has 0 radical (unpaired) electrons. The van der Waals surface area contributed by atoms with Crippen LogP contribution in [0.3, 0.4) is 0 Å². The zero-order valence-electron chi connectivity index (χ0n) is 9.12. The van der Waals surface area contributed by atoms with Crippen molar-refractivity contribution in [3.8, 4) is 0 Å². The molecule has 0 saturated carbocycles. The molecule has 0 spiro atoms. The summed E-state index contributed by atoms with van der Waals surface area (Å²) in [4.78, 5) is 0. The number of ether oxygens (including phenoxy) is 1. The molecule has 3 nitrogen and oxygen atoms in total. The maximum Gasteiger partial charge on any atom is 0.120 e. The van der Waals surface area contributed by atoms with Gasteiger partial charge < -0.3 is 14.5 Å². The van der Waals surface area contributed by atoms with Gasteiger partial charge >= 0.3 is 0 Å². The lowest BCUT2D eigenvalue weighted by Crippen LogP contribution is -2.32. The molecular formula is C11H19NO2. The minimum atomic E-state index is 0.237. The van der Waals surface area contributed by atoms with Crippen LogP contribution in [0.2, 0.25) is 0 Å². The smallest absolute Gasteiger partial charge is 0.120 e. The van der Waals surface area contributed by atoms with Gasteiger partial charge in [0.25, 0.3) is 0 Å². The molecule has 0 fully saturated rings. The number of nitrogens with one attached hydrogen (secondary N) is 1. The minimum absolute atomic E-state index is 0.237. The predicted molar refractivity (Wildman–Crippen MR) is 56.2 cm³/mol. The average molecular weight is 197 g/mol. The van der Waals surface area contributed by atoms with E-state index in [2.05, 4.69) is 19.2 Å². The van der Waals surface area contributed by atoms with E-state index in [1.54, 1.807) is 6.26 Å². The van der Waals surface area contributed by atoms with E-state index >= 15 is 0 Å². The average Bonchev–Trinajstić information content (AvgIpc) is 2.67. The first-order chi connectivity index (χ1) is 6.74. The van der Waals surface area contributed by atoms with Crippen molar-refractivity contribution in [2.24, 2.45) is 0 Å². The molecular weight excluding hydrogens is 178 g/mol. The molecule has 0 saturated heterocycles. The third-order valence-corrected chi connectivity index (χ3v) is 2.08. The van der Waals surface area contributed by atoms with Crippen molar-refractivity contribution in [2.75, 3.05) is 13.2 Å². The van der Waals surface area contributed by atoms with Crippen LogP contribution in [0, 0.1) is 0 Å². The van der Waals surface area contributed by atoms with Crippen LogP contribution in [0.5, 0.6) is 0 Å². The lowest BCUT2D eigenvalue weighted by molar-refractivity contribution is 0.123. The van der Waals surface area contributed by atoms with Crippen LogP contribution in [-0.2, 0) is 4.74 Å². The molecule has 0 aliphatic heterocycles. The quantitative estimate of drug-likeness (QED) is 0.760. The molecule has 1 rings (SSSR count). The van der Waals surface area contributed by atoms with E-state index in [1.807, 2.05) is 19.1 Å². The maximum absolute atomic E-state index is 5.32. The van der Waals surface area contributed by atoms with E-state index in [1.165, 1.54) is 0 Å². The summed E-state index contributed by atoms with van der Waals surface area (Å²) in [7, 11) is 0. The van der Waals surface area contributed by atoms with Crippen LogP contribution in [-0.4, -0.2) is 19.3 Å². The predicted octanol–water partition coefficient (Wildman–Crippen LogP) is 2.36. The third-order valence-electron chi connectivity index (χ3n) is 2.08. The number of rotatable bonds is 6. The van der Waals surface area contributed by atoms with Gasteiger partial charge in [0, 0.05) is 12.6 Å². The Labute approximate surface area is 85.4 Å². The molecule has 1 aromatic rings. The molecule has 1 heterocycles. The summed E-state index contributed by atoms with van der Waals surface area (Å²) in [6, 6.07) is 4.46. The zero-order valence-corrected chi connectivity index (χ0v) is 9.12. The van der Waals surface area contributed by atoms with Crippen molar-refractivity contribution < 1.29 is 9.15 Å². The van der Waals surface area contributed by atoms with Crippen LogP contribution < -0.4 is 5.32 Å². The summed E-state index contributed by atoms with van der Waals surface area (Å²) in [5.74, 6) is 0.966. The highest BCUT2D eigenvalue weighted by Gasteiger charge is 2.10. The molecule has 14 heavy (non-hydrogen) atoms. The molecule has 1 aromatic heterocycles. The number of furan rings is 1. The topological polar surface area (TPSA) is 34.4 Å². The van der Waals surface area contributed by atoms with Crippen LogP contribution in [0.1, 0.15) is 32.6 Å². The SMILES string of the molecule is CCOCC(C)NC(C)c1ccco1. The van der Waals surface area contributed by atoms with Gasteiger partial charge in [-0.15, -0.1) is 0 Å². The van der Waals surface area contributed by atoms with Crippen molar-refractivity contribution in [2.45, 2.75) is 32.9 Å². The Bertz CT molecular complexity index is 233. The van der Waals surface area contributed by atoms with E-state index in [-0.39, 0.29) is 6.04 Å². The van der Waals surface area contributed by atoms with Gasteiger partial charge in [0.15, 0.2) is 0 Å². The first-order valence-electron chi connectivity index (χ1n) is 5.11. The molecule has 0 bridgehead atoms. The summed E-state index contributed by atoms with van der Waals surface area (Å²) < 4.78 is 10.6. The normalized spacial score (nSPS) is 15.4. The van der Waals surface area contributed by atoms with Crippen LogP contribution in [0.25, 0.3) is 0 Å². The summed E-state index contributed by atoms with van der Waals surface area (Å²) in [6.07, 6.45) is 1.70. The molecule has 0 aromatic carbocycles. The van der Waals surface area contributed by atoms with Crippen molar-refractivity contribution in [3.05, 3.63) is 24.2 Å². The largest absolute Gasteiger partial charge is 0.468 e. The van der Waals surface area contributed by atoms with E-state index in [0.717, 1.165) is 19.0 Å². The van der Waals surface area contributed by atoms with E-state index in [4.69, 9.17) is 9.15 Å². The standard InChI is InChI=1S/C11H19NO2/c1-4-13-8-9(2)12-10(3)11-6-5-7-14-11/h5-7,9-10,12H,4,8H2,1-3H3. The highest BCUT2D eigenvalue weighted by Crippen LogP contribution is 2.12. The molecule has 3 heteroatoms.